The molecule has 0 bridgehead atoms. The van der Waals surface area contributed by atoms with Gasteiger partial charge in [0, 0.05) is 24.5 Å². The van der Waals surface area contributed by atoms with Crippen LogP contribution in [-0.4, -0.2) is 38.7 Å². The number of halogens is 2. The Bertz CT molecular complexity index is 1040. The summed E-state index contributed by atoms with van der Waals surface area (Å²) in [6.45, 7) is 1.30. The number of amides is 1. The second-order valence-electron chi connectivity index (χ2n) is 6.80. The highest BCUT2D eigenvalue weighted by Crippen LogP contribution is 2.26. The van der Waals surface area contributed by atoms with E-state index in [1.54, 1.807) is 22.8 Å². The third-order valence-corrected chi connectivity index (χ3v) is 6.40. The summed E-state index contributed by atoms with van der Waals surface area (Å²) in [6.07, 6.45) is 2.39. The number of likely N-dealkylation sites (tertiary alicyclic amines) is 1. The molecule has 6 nitrogen and oxygen atoms in total. The number of benzene rings is 1. The van der Waals surface area contributed by atoms with E-state index in [2.05, 4.69) is 10.2 Å². The maximum absolute atomic E-state index is 12.7. The van der Waals surface area contributed by atoms with Gasteiger partial charge in [0.15, 0.2) is 0 Å². The van der Waals surface area contributed by atoms with E-state index in [1.165, 1.54) is 11.3 Å². The highest BCUT2D eigenvalue weighted by atomic mass is 35.5. The van der Waals surface area contributed by atoms with Gasteiger partial charge in [0.25, 0.3) is 5.91 Å². The minimum atomic E-state index is -0.220. The van der Waals surface area contributed by atoms with E-state index in [0.29, 0.717) is 41.0 Å². The Labute approximate surface area is 175 Å². The van der Waals surface area contributed by atoms with Gasteiger partial charge in [-0.3, -0.25) is 4.79 Å². The molecule has 0 aliphatic carbocycles. The lowest BCUT2D eigenvalue weighted by Crippen LogP contribution is -2.39. The van der Waals surface area contributed by atoms with E-state index in [-0.39, 0.29) is 11.6 Å². The fraction of sp³-hybridized carbons (Fsp3) is 0.316. The number of thiophene rings is 1. The molecule has 3 heterocycles. The molecule has 0 spiro atoms. The van der Waals surface area contributed by atoms with Gasteiger partial charge in [-0.05, 0) is 54.5 Å². The lowest BCUT2D eigenvalue weighted by atomic mass is 9.93. The number of H-pyrrole nitrogens is 1. The maximum Gasteiger partial charge on any atom is 0.348 e. The highest BCUT2D eigenvalue weighted by molar-refractivity contribution is 7.12. The number of carbonyl (C=O) groups is 1. The molecule has 1 amide bonds. The van der Waals surface area contributed by atoms with Crippen molar-refractivity contribution in [2.45, 2.75) is 19.3 Å². The smallest absolute Gasteiger partial charge is 0.339 e. The number of nitrogens with one attached hydrogen (secondary N) is 1. The Morgan fingerprint density at radius 2 is 2.04 bits per heavy atom. The fourth-order valence-electron chi connectivity index (χ4n) is 3.52. The molecule has 0 saturated carbocycles. The molecule has 3 aromatic rings. The van der Waals surface area contributed by atoms with Crippen LogP contribution >= 0.6 is 34.5 Å². The molecule has 0 unspecified atom stereocenters. The molecule has 9 heteroatoms. The summed E-state index contributed by atoms with van der Waals surface area (Å²) < 4.78 is 1.63. The Morgan fingerprint density at radius 3 is 2.71 bits per heavy atom. The summed E-state index contributed by atoms with van der Waals surface area (Å²) >= 11 is 13.6. The SMILES string of the molecule is O=C(c1ccc(Cl)cc1Cl)N1CCC(Cc2n[nH]c(=O)n2-c2cccs2)CC1. The first-order chi connectivity index (χ1) is 13.5. The largest absolute Gasteiger partial charge is 0.348 e. The molecule has 1 fully saturated rings. The van der Waals surface area contributed by atoms with Gasteiger partial charge in [0.1, 0.15) is 10.8 Å². The summed E-state index contributed by atoms with van der Waals surface area (Å²) in [5, 5.41) is 10.4. The van der Waals surface area contributed by atoms with Crippen LogP contribution in [0.25, 0.3) is 5.00 Å². The maximum atomic E-state index is 12.7. The summed E-state index contributed by atoms with van der Waals surface area (Å²) in [4.78, 5) is 26.7. The van der Waals surface area contributed by atoms with Crippen molar-refractivity contribution < 1.29 is 4.79 Å². The van der Waals surface area contributed by atoms with Crippen molar-refractivity contribution in [2.75, 3.05) is 13.1 Å². The quantitative estimate of drug-likeness (QED) is 0.670. The van der Waals surface area contributed by atoms with Crippen LogP contribution < -0.4 is 5.69 Å². The molecule has 1 saturated heterocycles. The van der Waals surface area contributed by atoms with Crippen LogP contribution in [0.2, 0.25) is 10.0 Å². The van der Waals surface area contributed by atoms with Gasteiger partial charge >= 0.3 is 5.69 Å². The third kappa shape index (κ3) is 3.87. The van der Waals surface area contributed by atoms with Gasteiger partial charge < -0.3 is 4.90 Å². The van der Waals surface area contributed by atoms with Gasteiger partial charge in [0.05, 0.1) is 10.6 Å². The van der Waals surface area contributed by atoms with Crippen molar-refractivity contribution >= 4 is 40.4 Å². The molecular formula is C19H18Cl2N4O2S. The minimum Gasteiger partial charge on any atom is -0.339 e. The number of aromatic nitrogens is 3. The van der Waals surface area contributed by atoms with Crippen LogP contribution in [-0.2, 0) is 6.42 Å². The lowest BCUT2D eigenvalue weighted by molar-refractivity contribution is 0.0690. The van der Waals surface area contributed by atoms with Gasteiger partial charge in [-0.1, -0.05) is 23.2 Å². The Morgan fingerprint density at radius 1 is 1.25 bits per heavy atom. The molecule has 0 atom stereocenters. The van der Waals surface area contributed by atoms with Crippen molar-refractivity contribution in [3.8, 4) is 5.00 Å². The van der Waals surface area contributed by atoms with Crippen LogP contribution in [0, 0.1) is 5.92 Å². The van der Waals surface area contributed by atoms with Gasteiger partial charge in [-0.15, -0.1) is 11.3 Å². The second-order valence-corrected chi connectivity index (χ2v) is 8.57. The molecular weight excluding hydrogens is 419 g/mol. The minimum absolute atomic E-state index is 0.0737. The van der Waals surface area contributed by atoms with Crippen molar-refractivity contribution in [2.24, 2.45) is 5.92 Å². The third-order valence-electron chi connectivity index (χ3n) is 5.00. The lowest BCUT2D eigenvalue weighted by Gasteiger charge is -2.32. The predicted octanol–water partition coefficient (Wildman–Crippen LogP) is 4.02. The number of nitrogens with zero attached hydrogens (tertiary/aromatic N) is 3. The zero-order valence-corrected chi connectivity index (χ0v) is 17.2. The van der Waals surface area contributed by atoms with Crippen molar-refractivity contribution in [1.29, 1.82) is 0 Å². The number of rotatable bonds is 4. The number of aromatic amines is 1. The predicted molar refractivity (Wildman–Crippen MR) is 111 cm³/mol. The van der Waals surface area contributed by atoms with Crippen molar-refractivity contribution in [3.05, 3.63) is 67.6 Å². The number of hydrogen-bond donors (Lipinski definition) is 1. The fourth-order valence-corrected chi connectivity index (χ4v) is 4.76. The summed E-state index contributed by atoms with van der Waals surface area (Å²) in [7, 11) is 0. The van der Waals surface area contributed by atoms with Crippen LogP contribution in [0.1, 0.15) is 29.0 Å². The van der Waals surface area contributed by atoms with Crippen LogP contribution in [0.4, 0.5) is 0 Å². The monoisotopic (exact) mass is 436 g/mol. The second kappa shape index (κ2) is 8.11. The Kier molecular flexibility index (Phi) is 5.57. The Balaban J connectivity index is 1.41. The normalized spacial score (nSPS) is 15.1. The molecule has 0 radical (unpaired) electrons. The first-order valence-electron chi connectivity index (χ1n) is 8.97. The zero-order chi connectivity index (χ0) is 19.7. The van der Waals surface area contributed by atoms with Crippen molar-refractivity contribution in [1.82, 2.24) is 19.7 Å². The number of piperidine rings is 1. The van der Waals surface area contributed by atoms with E-state index >= 15 is 0 Å². The van der Waals surface area contributed by atoms with Gasteiger partial charge in [0.2, 0.25) is 0 Å². The van der Waals surface area contributed by atoms with Crippen LogP contribution in [0.15, 0.2) is 40.5 Å². The molecule has 2 aromatic heterocycles. The van der Waals surface area contributed by atoms with Crippen LogP contribution in [0.5, 0.6) is 0 Å². The standard InChI is InChI=1S/C19H18Cl2N4O2S/c20-13-3-4-14(15(21)11-13)18(26)24-7-5-12(6-8-24)10-16-22-23-19(27)25(16)17-2-1-9-28-17/h1-4,9,11-12H,5-8,10H2,(H,23,27). The van der Waals surface area contributed by atoms with E-state index in [0.717, 1.165) is 23.7 Å². The molecule has 4 rings (SSSR count). The van der Waals surface area contributed by atoms with Crippen LogP contribution in [0.3, 0.4) is 0 Å². The highest BCUT2D eigenvalue weighted by Gasteiger charge is 2.26. The molecule has 146 valence electrons. The van der Waals surface area contributed by atoms with E-state index in [9.17, 15) is 9.59 Å². The van der Waals surface area contributed by atoms with E-state index in [1.807, 2.05) is 22.4 Å². The first kappa shape index (κ1) is 19.2. The average molecular weight is 437 g/mol. The number of carbonyl (C=O) groups excluding carboxylic acids is 1. The average Bonchev–Trinajstić information content (AvgIpc) is 3.32. The molecule has 28 heavy (non-hydrogen) atoms. The van der Waals surface area contributed by atoms with Gasteiger partial charge in [-0.2, -0.15) is 5.10 Å². The van der Waals surface area contributed by atoms with Crippen molar-refractivity contribution in [3.63, 3.8) is 0 Å². The summed E-state index contributed by atoms with van der Waals surface area (Å²) in [6, 6.07) is 8.75. The molecule has 1 N–H and O–H groups in total. The Hall–Kier alpha value is -2.09. The molecule has 1 aliphatic heterocycles. The van der Waals surface area contributed by atoms with E-state index < -0.39 is 0 Å². The first-order valence-corrected chi connectivity index (χ1v) is 10.6. The summed E-state index contributed by atoms with van der Waals surface area (Å²) in [5.41, 5.74) is 0.255. The molecule has 1 aliphatic rings. The molecule has 1 aromatic carbocycles. The zero-order valence-electron chi connectivity index (χ0n) is 14.9. The van der Waals surface area contributed by atoms with E-state index in [4.69, 9.17) is 23.2 Å². The topological polar surface area (TPSA) is 71.0 Å². The number of hydrogen-bond acceptors (Lipinski definition) is 4. The van der Waals surface area contributed by atoms with Gasteiger partial charge in [-0.25, -0.2) is 14.5 Å². The summed E-state index contributed by atoms with van der Waals surface area (Å²) in [5.74, 6) is 1.02.